The van der Waals surface area contributed by atoms with Gasteiger partial charge in [-0.25, -0.2) is 4.98 Å². The number of carbonyl (C=O) groups is 1. The Morgan fingerprint density at radius 3 is 2.78 bits per heavy atom. The van der Waals surface area contributed by atoms with Gasteiger partial charge >= 0.3 is 0 Å². The highest BCUT2D eigenvalue weighted by Crippen LogP contribution is 2.29. The van der Waals surface area contributed by atoms with Crippen molar-refractivity contribution in [1.82, 2.24) is 9.97 Å². The van der Waals surface area contributed by atoms with Crippen LogP contribution in [0, 0.1) is 0 Å². The van der Waals surface area contributed by atoms with Crippen LogP contribution in [0.2, 0.25) is 0 Å². The number of thioether (sulfide) groups is 2. The molecular formula is C18H23N3O4S2. The molecule has 0 aliphatic heterocycles. The van der Waals surface area contributed by atoms with E-state index in [-0.39, 0.29) is 17.2 Å². The highest BCUT2D eigenvalue weighted by atomic mass is 32.2. The number of benzene rings is 1. The normalized spacial score (nSPS) is 10.5. The van der Waals surface area contributed by atoms with E-state index in [4.69, 9.17) is 9.47 Å². The van der Waals surface area contributed by atoms with Crippen molar-refractivity contribution in [2.75, 3.05) is 31.0 Å². The van der Waals surface area contributed by atoms with E-state index in [1.54, 1.807) is 37.1 Å². The first-order valence-corrected chi connectivity index (χ1v) is 10.5. The number of carbonyl (C=O) groups excluding carboxylic acids is 1. The van der Waals surface area contributed by atoms with Gasteiger partial charge in [0, 0.05) is 17.9 Å². The fraction of sp³-hybridized carbons (Fsp3) is 0.389. The van der Waals surface area contributed by atoms with Gasteiger partial charge in [0.25, 0.3) is 5.56 Å². The lowest BCUT2D eigenvalue weighted by atomic mass is 10.2. The van der Waals surface area contributed by atoms with E-state index in [0.29, 0.717) is 28.1 Å². The Morgan fingerprint density at radius 2 is 2.07 bits per heavy atom. The minimum Gasteiger partial charge on any atom is -0.497 e. The molecule has 7 nitrogen and oxygen atoms in total. The summed E-state index contributed by atoms with van der Waals surface area (Å²) in [4.78, 5) is 31.1. The number of ether oxygens (including phenoxy) is 2. The number of H-pyrrole nitrogens is 1. The summed E-state index contributed by atoms with van der Waals surface area (Å²) in [6.45, 7) is 2.11. The van der Waals surface area contributed by atoms with Crippen LogP contribution < -0.4 is 20.3 Å². The van der Waals surface area contributed by atoms with Crippen molar-refractivity contribution in [3.05, 3.63) is 40.3 Å². The van der Waals surface area contributed by atoms with E-state index < -0.39 is 0 Å². The lowest BCUT2D eigenvalue weighted by Crippen LogP contribution is -2.16. The predicted molar refractivity (Wildman–Crippen MR) is 110 cm³/mol. The van der Waals surface area contributed by atoms with Gasteiger partial charge < -0.3 is 19.8 Å². The Hall–Kier alpha value is -2.13. The van der Waals surface area contributed by atoms with Gasteiger partial charge in [0.15, 0.2) is 5.16 Å². The molecule has 0 aliphatic rings. The summed E-state index contributed by atoms with van der Waals surface area (Å²) >= 11 is 2.91. The van der Waals surface area contributed by atoms with E-state index >= 15 is 0 Å². The molecule has 1 aromatic heterocycles. The molecule has 2 rings (SSSR count). The summed E-state index contributed by atoms with van der Waals surface area (Å²) < 4.78 is 10.4. The van der Waals surface area contributed by atoms with Gasteiger partial charge in [-0.2, -0.15) is 11.8 Å². The lowest BCUT2D eigenvalue weighted by molar-refractivity contribution is -0.113. The minimum absolute atomic E-state index is 0.115. The highest BCUT2D eigenvalue weighted by Gasteiger charge is 2.11. The zero-order valence-electron chi connectivity index (χ0n) is 15.5. The number of nitrogens with one attached hydrogen (secondary N) is 2. The molecule has 0 saturated heterocycles. The lowest BCUT2D eigenvalue weighted by Gasteiger charge is -2.11. The summed E-state index contributed by atoms with van der Waals surface area (Å²) in [7, 11) is 3.09. The Kier molecular flexibility index (Phi) is 8.53. The van der Waals surface area contributed by atoms with Gasteiger partial charge in [-0.1, -0.05) is 18.7 Å². The Labute approximate surface area is 166 Å². The summed E-state index contributed by atoms with van der Waals surface area (Å²) in [5.74, 6) is 2.73. The van der Waals surface area contributed by atoms with Crippen molar-refractivity contribution in [1.29, 1.82) is 0 Å². The Balaban J connectivity index is 1.96. The first-order chi connectivity index (χ1) is 13.0. The first kappa shape index (κ1) is 21.2. The maximum atomic E-state index is 12.2. The van der Waals surface area contributed by atoms with Crippen molar-refractivity contribution in [3.63, 3.8) is 0 Å². The number of anilines is 1. The van der Waals surface area contributed by atoms with Gasteiger partial charge in [-0.15, -0.1) is 0 Å². The smallest absolute Gasteiger partial charge is 0.251 e. The van der Waals surface area contributed by atoms with Gasteiger partial charge in [-0.05, 0) is 24.3 Å². The second kappa shape index (κ2) is 10.9. The quantitative estimate of drug-likeness (QED) is 0.354. The molecule has 0 fully saturated rings. The molecule has 1 aromatic carbocycles. The number of amides is 1. The number of methoxy groups -OCH3 is 2. The van der Waals surface area contributed by atoms with Crippen molar-refractivity contribution in [2.45, 2.75) is 24.3 Å². The number of rotatable bonds is 10. The fourth-order valence-electron chi connectivity index (χ4n) is 2.17. The van der Waals surface area contributed by atoms with Crippen LogP contribution in [0.4, 0.5) is 5.69 Å². The summed E-state index contributed by atoms with van der Waals surface area (Å²) in [6, 6.07) is 6.64. The SMILES string of the molecule is CCCSCc1cc(=O)[nH]c(SCC(=O)Nc2ccc(OC)cc2OC)n1. The molecule has 0 saturated carbocycles. The number of nitrogens with zero attached hydrogens (tertiary/aromatic N) is 1. The van der Waals surface area contributed by atoms with E-state index in [2.05, 4.69) is 22.2 Å². The van der Waals surface area contributed by atoms with Gasteiger partial charge in [0.1, 0.15) is 11.5 Å². The van der Waals surface area contributed by atoms with Crippen LogP contribution in [0.15, 0.2) is 34.2 Å². The van der Waals surface area contributed by atoms with Crippen LogP contribution in [0.1, 0.15) is 19.0 Å². The second-order valence-corrected chi connectivity index (χ2v) is 7.57. The number of hydrogen-bond donors (Lipinski definition) is 2. The zero-order valence-corrected chi connectivity index (χ0v) is 17.2. The van der Waals surface area contributed by atoms with Crippen LogP contribution in [-0.4, -0.2) is 41.6 Å². The standard InChI is InChI=1S/C18H23N3O4S2/c1-4-7-26-10-12-8-16(22)21-18(19-12)27-11-17(23)20-14-6-5-13(24-2)9-15(14)25-3/h5-6,8-9H,4,7,10-11H2,1-3H3,(H,20,23)(H,19,21,22). The van der Waals surface area contributed by atoms with Crippen molar-refractivity contribution >= 4 is 35.1 Å². The molecule has 2 N–H and O–H groups in total. The largest absolute Gasteiger partial charge is 0.497 e. The van der Waals surface area contributed by atoms with Crippen LogP contribution in [-0.2, 0) is 10.5 Å². The monoisotopic (exact) mass is 409 g/mol. The van der Waals surface area contributed by atoms with Gasteiger partial charge in [-0.3, -0.25) is 9.59 Å². The average Bonchev–Trinajstić information content (AvgIpc) is 2.66. The van der Waals surface area contributed by atoms with Crippen molar-refractivity contribution in [2.24, 2.45) is 0 Å². The summed E-state index contributed by atoms with van der Waals surface area (Å²) in [5.41, 5.74) is 1.06. The number of hydrogen-bond acceptors (Lipinski definition) is 7. The molecule has 0 radical (unpaired) electrons. The third-order valence-corrected chi connectivity index (χ3v) is 5.46. The van der Waals surface area contributed by atoms with E-state index in [1.165, 1.54) is 24.9 Å². The fourth-order valence-corrected chi connectivity index (χ4v) is 3.65. The predicted octanol–water partition coefficient (Wildman–Crippen LogP) is 3.16. The van der Waals surface area contributed by atoms with E-state index in [9.17, 15) is 9.59 Å². The van der Waals surface area contributed by atoms with Crippen LogP contribution in [0.25, 0.3) is 0 Å². The third-order valence-electron chi connectivity index (χ3n) is 3.39. The molecule has 0 aliphatic carbocycles. The molecule has 0 unspecified atom stereocenters. The van der Waals surface area contributed by atoms with Gasteiger partial charge in [0.05, 0.1) is 31.4 Å². The van der Waals surface area contributed by atoms with Crippen LogP contribution in [0.5, 0.6) is 11.5 Å². The molecule has 0 atom stereocenters. The van der Waals surface area contributed by atoms with Crippen molar-refractivity contribution in [3.8, 4) is 11.5 Å². The zero-order chi connectivity index (χ0) is 19.6. The van der Waals surface area contributed by atoms with Gasteiger partial charge in [0.2, 0.25) is 5.91 Å². The Bertz CT molecular complexity index is 826. The summed E-state index contributed by atoms with van der Waals surface area (Å²) in [5, 5.41) is 3.23. The maximum Gasteiger partial charge on any atom is 0.251 e. The maximum absolute atomic E-state index is 12.2. The molecule has 2 aromatic rings. The number of aromatic nitrogens is 2. The van der Waals surface area contributed by atoms with Crippen LogP contribution in [0.3, 0.4) is 0 Å². The molecule has 1 amide bonds. The topological polar surface area (TPSA) is 93.3 Å². The molecule has 146 valence electrons. The van der Waals surface area contributed by atoms with E-state index in [1.807, 2.05) is 0 Å². The first-order valence-electron chi connectivity index (χ1n) is 8.38. The number of aromatic amines is 1. The second-order valence-electron chi connectivity index (χ2n) is 5.50. The molecule has 27 heavy (non-hydrogen) atoms. The molecule has 9 heteroatoms. The molecular weight excluding hydrogens is 386 g/mol. The third kappa shape index (κ3) is 6.84. The Morgan fingerprint density at radius 1 is 1.26 bits per heavy atom. The highest BCUT2D eigenvalue weighted by molar-refractivity contribution is 7.99. The van der Waals surface area contributed by atoms with Crippen LogP contribution >= 0.6 is 23.5 Å². The molecule has 0 bridgehead atoms. The molecule has 1 heterocycles. The minimum atomic E-state index is -0.225. The molecule has 0 spiro atoms. The van der Waals surface area contributed by atoms with Crippen molar-refractivity contribution < 1.29 is 14.3 Å². The summed E-state index contributed by atoms with van der Waals surface area (Å²) in [6.07, 6.45) is 1.07. The van der Waals surface area contributed by atoms with E-state index in [0.717, 1.165) is 17.9 Å². The average molecular weight is 410 g/mol.